The SMILES string of the molecule is CC(=O)Nc1cccc(NC(=O)CCS(=O)(=O)c2ccccc2)c1. The van der Waals surface area contributed by atoms with E-state index in [1.165, 1.54) is 19.1 Å². The number of nitrogens with one attached hydrogen (secondary N) is 2. The molecule has 0 aromatic heterocycles. The summed E-state index contributed by atoms with van der Waals surface area (Å²) in [5.74, 6) is -0.893. The van der Waals surface area contributed by atoms with E-state index in [-0.39, 0.29) is 23.0 Å². The van der Waals surface area contributed by atoms with Crippen molar-refractivity contribution in [2.75, 3.05) is 16.4 Å². The third kappa shape index (κ3) is 5.20. The Bertz CT molecular complexity index is 833. The lowest BCUT2D eigenvalue weighted by molar-refractivity contribution is -0.116. The maximum absolute atomic E-state index is 12.1. The molecule has 2 amide bonds. The summed E-state index contributed by atoms with van der Waals surface area (Å²) >= 11 is 0. The number of carbonyl (C=O) groups is 2. The predicted molar refractivity (Wildman–Crippen MR) is 92.5 cm³/mol. The van der Waals surface area contributed by atoms with Gasteiger partial charge in [-0.05, 0) is 30.3 Å². The summed E-state index contributed by atoms with van der Waals surface area (Å²) in [6.07, 6.45) is -0.151. The Morgan fingerprint density at radius 1 is 0.917 bits per heavy atom. The topological polar surface area (TPSA) is 92.3 Å². The van der Waals surface area contributed by atoms with Gasteiger partial charge in [0.1, 0.15) is 0 Å². The largest absolute Gasteiger partial charge is 0.326 e. The second-order valence-electron chi connectivity index (χ2n) is 5.19. The monoisotopic (exact) mass is 346 g/mol. The summed E-state index contributed by atoms with van der Waals surface area (Å²) in [5.41, 5.74) is 1.04. The number of rotatable bonds is 6. The Hall–Kier alpha value is -2.67. The highest BCUT2D eigenvalue weighted by Crippen LogP contribution is 2.16. The Labute approximate surface area is 140 Å². The molecule has 2 aromatic rings. The molecule has 0 aliphatic rings. The van der Waals surface area contributed by atoms with Crippen LogP contribution in [0.4, 0.5) is 11.4 Å². The van der Waals surface area contributed by atoms with E-state index in [2.05, 4.69) is 10.6 Å². The Kier molecular flexibility index (Phi) is 5.70. The molecule has 0 bridgehead atoms. The molecule has 0 aliphatic carbocycles. The summed E-state index contributed by atoms with van der Waals surface area (Å²) in [5, 5.41) is 5.23. The van der Waals surface area contributed by atoms with Crippen LogP contribution >= 0.6 is 0 Å². The van der Waals surface area contributed by atoms with Gasteiger partial charge in [-0.3, -0.25) is 9.59 Å². The quantitative estimate of drug-likeness (QED) is 0.840. The van der Waals surface area contributed by atoms with E-state index >= 15 is 0 Å². The van der Waals surface area contributed by atoms with E-state index in [1.54, 1.807) is 42.5 Å². The fourth-order valence-electron chi connectivity index (χ4n) is 2.07. The van der Waals surface area contributed by atoms with Crippen molar-refractivity contribution in [3.05, 3.63) is 54.6 Å². The van der Waals surface area contributed by atoms with Gasteiger partial charge in [0.2, 0.25) is 11.8 Å². The predicted octanol–water partition coefficient (Wildman–Crippen LogP) is 2.45. The van der Waals surface area contributed by atoms with Crippen molar-refractivity contribution in [3.8, 4) is 0 Å². The number of anilines is 2. The molecule has 0 saturated carbocycles. The van der Waals surface area contributed by atoms with Gasteiger partial charge in [-0.2, -0.15) is 0 Å². The highest BCUT2D eigenvalue weighted by Gasteiger charge is 2.16. The molecule has 0 spiro atoms. The molecule has 0 radical (unpaired) electrons. The van der Waals surface area contributed by atoms with Crippen LogP contribution in [0.5, 0.6) is 0 Å². The first kappa shape index (κ1) is 17.7. The van der Waals surface area contributed by atoms with E-state index < -0.39 is 15.7 Å². The fraction of sp³-hybridized carbons (Fsp3) is 0.176. The van der Waals surface area contributed by atoms with Gasteiger partial charge in [-0.15, -0.1) is 0 Å². The van der Waals surface area contributed by atoms with Crippen LogP contribution in [0, 0.1) is 0 Å². The third-order valence-corrected chi connectivity index (χ3v) is 4.90. The van der Waals surface area contributed by atoms with E-state index in [0.29, 0.717) is 11.4 Å². The van der Waals surface area contributed by atoms with Crippen LogP contribution in [0.25, 0.3) is 0 Å². The second-order valence-corrected chi connectivity index (χ2v) is 7.30. The molecule has 0 unspecified atom stereocenters. The Morgan fingerprint density at radius 3 is 2.17 bits per heavy atom. The zero-order valence-corrected chi connectivity index (χ0v) is 14.0. The van der Waals surface area contributed by atoms with E-state index in [0.717, 1.165) is 0 Å². The molecule has 7 heteroatoms. The Morgan fingerprint density at radius 2 is 1.54 bits per heavy atom. The van der Waals surface area contributed by atoms with Gasteiger partial charge in [0.05, 0.1) is 10.6 Å². The van der Waals surface area contributed by atoms with Crippen molar-refractivity contribution in [2.45, 2.75) is 18.2 Å². The maximum atomic E-state index is 12.1. The van der Waals surface area contributed by atoms with Crippen LogP contribution in [0.1, 0.15) is 13.3 Å². The zero-order valence-electron chi connectivity index (χ0n) is 13.2. The van der Waals surface area contributed by atoms with E-state index in [4.69, 9.17) is 0 Å². The molecular weight excluding hydrogens is 328 g/mol. The normalized spacial score (nSPS) is 10.9. The van der Waals surface area contributed by atoms with Gasteiger partial charge in [-0.1, -0.05) is 24.3 Å². The summed E-state index contributed by atoms with van der Waals surface area (Å²) in [4.78, 5) is 23.2. The first-order valence-corrected chi connectivity index (χ1v) is 8.97. The highest BCUT2D eigenvalue weighted by atomic mass is 32.2. The van der Waals surface area contributed by atoms with Crippen molar-refractivity contribution >= 4 is 33.0 Å². The van der Waals surface area contributed by atoms with Gasteiger partial charge < -0.3 is 10.6 Å². The van der Waals surface area contributed by atoms with Crippen LogP contribution < -0.4 is 10.6 Å². The fourth-order valence-corrected chi connectivity index (χ4v) is 3.34. The molecule has 126 valence electrons. The summed E-state index contributed by atoms with van der Waals surface area (Å²) in [6, 6.07) is 14.7. The minimum absolute atomic E-state index is 0.151. The van der Waals surface area contributed by atoms with Gasteiger partial charge in [0.15, 0.2) is 9.84 Å². The Balaban J connectivity index is 1.95. The average Bonchev–Trinajstić information content (AvgIpc) is 2.54. The molecule has 0 atom stereocenters. The van der Waals surface area contributed by atoms with Gasteiger partial charge in [0.25, 0.3) is 0 Å². The first-order chi connectivity index (χ1) is 11.4. The minimum Gasteiger partial charge on any atom is -0.326 e. The van der Waals surface area contributed by atoms with E-state index in [9.17, 15) is 18.0 Å². The van der Waals surface area contributed by atoms with Crippen molar-refractivity contribution in [1.29, 1.82) is 0 Å². The van der Waals surface area contributed by atoms with Crippen molar-refractivity contribution < 1.29 is 18.0 Å². The summed E-state index contributed by atoms with van der Waals surface area (Å²) in [6.45, 7) is 1.39. The molecular formula is C17H18N2O4S. The number of carbonyl (C=O) groups excluding carboxylic acids is 2. The van der Waals surface area contributed by atoms with Crippen LogP contribution in [-0.4, -0.2) is 26.0 Å². The van der Waals surface area contributed by atoms with Gasteiger partial charge in [0, 0.05) is 24.7 Å². The molecule has 0 heterocycles. The number of hydrogen-bond acceptors (Lipinski definition) is 4. The number of hydrogen-bond donors (Lipinski definition) is 2. The minimum atomic E-state index is -3.49. The lowest BCUT2D eigenvalue weighted by Gasteiger charge is -2.08. The molecule has 2 N–H and O–H groups in total. The molecule has 2 rings (SSSR count). The third-order valence-electron chi connectivity index (χ3n) is 3.17. The highest BCUT2D eigenvalue weighted by molar-refractivity contribution is 7.91. The second kappa shape index (κ2) is 7.74. The van der Waals surface area contributed by atoms with Gasteiger partial charge >= 0.3 is 0 Å². The summed E-state index contributed by atoms with van der Waals surface area (Å²) in [7, 11) is -3.49. The van der Waals surface area contributed by atoms with Crippen LogP contribution in [0.2, 0.25) is 0 Å². The number of sulfone groups is 1. The van der Waals surface area contributed by atoms with Crippen LogP contribution in [-0.2, 0) is 19.4 Å². The molecule has 0 fully saturated rings. The molecule has 0 saturated heterocycles. The lowest BCUT2D eigenvalue weighted by Crippen LogP contribution is -2.17. The smallest absolute Gasteiger partial charge is 0.225 e. The number of amides is 2. The zero-order chi connectivity index (χ0) is 17.6. The molecule has 0 aliphatic heterocycles. The van der Waals surface area contributed by atoms with Crippen LogP contribution in [0.3, 0.4) is 0 Å². The molecule has 24 heavy (non-hydrogen) atoms. The standard InChI is InChI=1S/C17H18N2O4S/c1-13(20)18-14-6-5-7-15(12-14)19-17(21)10-11-24(22,23)16-8-3-2-4-9-16/h2-9,12H,10-11H2,1H3,(H,18,20)(H,19,21). The van der Waals surface area contributed by atoms with Crippen molar-refractivity contribution in [3.63, 3.8) is 0 Å². The van der Waals surface area contributed by atoms with Crippen molar-refractivity contribution in [1.82, 2.24) is 0 Å². The first-order valence-electron chi connectivity index (χ1n) is 7.32. The van der Waals surface area contributed by atoms with Crippen molar-refractivity contribution in [2.24, 2.45) is 0 Å². The average molecular weight is 346 g/mol. The van der Waals surface area contributed by atoms with Gasteiger partial charge in [-0.25, -0.2) is 8.42 Å². The molecule has 6 nitrogen and oxygen atoms in total. The summed E-state index contributed by atoms with van der Waals surface area (Å²) < 4.78 is 24.3. The lowest BCUT2D eigenvalue weighted by atomic mass is 10.2. The molecule has 2 aromatic carbocycles. The number of benzene rings is 2. The van der Waals surface area contributed by atoms with E-state index in [1.807, 2.05) is 0 Å². The van der Waals surface area contributed by atoms with Crippen LogP contribution in [0.15, 0.2) is 59.5 Å². The maximum Gasteiger partial charge on any atom is 0.225 e.